The van der Waals surface area contributed by atoms with Gasteiger partial charge < -0.3 is 35.2 Å². The first kappa shape index (κ1) is 64.9. The van der Waals surface area contributed by atoms with Crippen LogP contribution in [0.5, 0.6) is 0 Å². The molecule has 1 fully saturated rings. The van der Waals surface area contributed by atoms with Gasteiger partial charge in [0.2, 0.25) is 22.7 Å². The van der Waals surface area contributed by atoms with Crippen molar-refractivity contribution in [2.24, 2.45) is 5.92 Å². The maximum absolute atomic E-state index is 15.7. The van der Waals surface area contributed by atoms with E-state index in [0.717, 1.165) is 36.6 Å². The number of hydrogen-bond acceptors (Lipinski definition) is 14. The second-order valence-corrected chi connectivity index (χ2v) is 26.3. The molecule has 2 aromatic carbocycles. The van der Waals surface area contributed by atoms with Gasteiger partial charge in [0.15, 0.2) is 21.3 Å². The van der Waals surface area contributed by atoms with Crippen LogP contribution in [-0.4, -0.2) is 135 Å². The fraction of sp³-hybridized carbons (Fsp3) is 0.468. The first-order valence-electron chi connectivity index (χ1n) is 24.5. The number of anilines is 1. The van der Waals surface area contributed by atoms with Crippen LogP contribution in [0.15, 0.2) is 42.5 Å². The number of aryl methyl sites for hydroxylation is 1. The van der Waals surface area contributed by atoms with Crippen molar-refractivity contribution in [3.05, 3.63) is 93.0 Å². The first-order valence-corrected chi connectivity index (χ1v) is 30.1. The Morgan fingerprint density at radius 2 is 1.58 bits per heavy atom. The van der Waals surface area contributed by atoms with E-state index in [-0.39, 0.29) is 49.8 Å². The van der Waals surface area contributed by atoms with E-state index in [1.807, 2.05) is 5.32 Å². The van der Waals surface area contributed by atoms with Gasteiger partial charge in [-0.3, -0.25) is 23.9 Å². The molecule has 5 N–H and O–H groups in total. The fourth-order valence-electron chi connectivity index (χ4n) is 9.36. The minimum absolute atomic E-state index is 0.0315. The molecule has 7 rings (SSSR count). The maximum atomic E-state index is 15.7. The average molecular weight is 1280 g/mol. The van der Waals surface area contributed by atoms with Crippen molar-refractivity contribution in [3.63, 3.8) is 0 Å². The number of phosphoric acid groups is 1. The number of rotatable bonds is 23. The number of phosphoric ester groups is 1. The molecule has 3 aromatic heterocycles. The van der Waals surface area contributed by atoms with Crippen molar-refractivity contribution in [3.8, 4) is 11.1 Å². The molecule has 1 unspecified atom stereocenters. The molecule has 2 aliphatic rings. The number of halogens is 11. The number of ether oxygens (including phenoxy) is 1. The van der Waals surface area contributed by atoms with Crippen LogP contribution in [0.4, 0.5) is 59.3 Å². The molecule has 0 spiro atoms. The number of hydrogen-bond donors (Lipinski definition) is 5. The third-order valence-corrected chi connectivity index (χ3v) is 17.5. The number of aromatic nitrogens is 5. The lowest BCUT2D eigenvalue weighted by Crippen LogP contribution is -2.49. The molecule has 0 bridgehead atoms. The van der Waals surface area contributed by atoms with Crippen LogP contribution in [0.2, 0.25) is 5.02 Å². The Balaban J connectivity index is 1.42. The first-order chi connectivity index (χ1) is 38.6. The Morgan fingerprint density at radius 3 is 2.17 bits per heavy atom. The monoisotopic (exact) mass is 1280 g/mol. The minimum Gasteiger partial charge on any atom is -0.481 e. The summed E-state index contributed by atoms with van der Waals surface area (Å²) in [5, 5.41) is 19.9. The zero-order valence-corrected chi connectivity index (χ0v) is 47.2. The topological polar surface area (TPSA) is 312 Å². The second-order valence-electron chi connectivity index (χ2n) is 20.2. The average Bonchev–Trinajstić information content (AvgIpc) is 1.53. The highest BCUT2D eigenvalue weighted by Gasteiger charge is 2.68. The van der Waals surface area contributed by atoms with Gasteiger partial charge >= 0.3 is 38.3 Å². The number of carboxylic acid groups (broad SMARTS) is 1. The van der Waals surface area contributed by atoms with Gasteiger partial charge in [-0.25, -0.2) is 44.3 Å². The molecule has 0 aliphatic heterocycles. The van der Waals surface area contributed by atoms with E-state index in [1.165, 1.54) is 19.9 Å². The molecule has 4 amide bonds. The van der Waals surface area contributed by atoms with Gasteiger partial charge in [-0.05, 0) is 75.3 Å². The number of pyridine rings is 1. The number of urea groups is 1. The normalized spacial score (nSPS) is 16.4. The van der Waals surface area contributed by atoms with Gasteiger partial charge in [-0.2, -0.15) is 49.6 Å². The number of fused-ring (bicyclic) bond motifs is 4. The standard InChI is InChI=1S/C47H49ClF10N9O14PS2/c1-44(2,83(3,76)77)11-9-26-5-6-27(37(60-26)32(17-23-15-24(49)18-25(50)16-23)61-33(68)20-65-40-35(39(62-65)47(56,57)58)29-19-30(29)46(40,54)55)28-7-8-31(48)36-38(28)66(21-45(51,52)53)63-41(36)67(84(4,78)79)43(72)64(13-10-34(69)70)14-12-59-42(71)80-22-81-82(73,74)75/h5-8,15-16,18,29-30,32H,9-14,17,19-22H2,1-4H3,(H,59,71)(H,61,68)(H,69,70)(H2,73,74,75)/t29-,30?,32-/m0/s1. The highest BCUT2D eigenvalue weighted by molar-refractivity contribution is 7.93. The Bertz CT molecular complexity index is 3690. The lowest BCUT2D eigenvalue weighted by Gasteiger charge is -2.28. The number of carbonyl (C=O) groups is 4. The molecule has 2 aliphatic carbocycles. The van der Waals surface area contributed by atoms with Crippen molar-refractivity contribution in [1.82, 2.24) is 40.1 Å². The van der Waals surface area contributed by atoms with Crippen molar-refractivity contribution in [1.29, 1.82) is 0 Å². The summed E-state index contributed by atoms with van der Waals surface area (Å²) in [6.07, 6.45) is -13.1. The number of benzene rings is 2. The summed E-state index contributed by atoms with van der Waals surface area (Å²) in [7, 11) is -14.1. The lowest BCUT2D eigenvalue weighted by molar-refractivity contribution is -0.143. The summed E-state index contributed by atoms with van der Waals surface area (Å²) < 4.78 is 220. The van der Waals surface area contributed by atoms with Gasteiger partial charge in [0.1, 0.15) is 30.4 Å². The van der Waals surface area contributed by atoms with Crippen LogP contribution in [0, 0.1) is 17.6 Å². The number of sulfone groups is 1. The smallest absolute Gasteiger partial charge is 0.472 e. The summed E-state index contributed by atoms with van der Waals surface area (Å²) in [6, 6.07) is 2.86. The number of alkyl carbamates (subject to hydrolysis) is 1. The second kappa shape index (κ2) is 23.7. The number of nitrogens with zero attached hydrogens (tertiary/aromatic N) is 7. The number of amides is 4. The molecule has 1 saturated carbocycles. The molecular weight excluding hydrogens is 1240 g/mol. The third kappa shape index (κ3) is 14.9. The van der Waals surface area contributed by atoms with Gasteiger partial charge in [0.05, 0.1) is 45.1 Å². The fourth-order valence-corrected chi connectivity index (χ4v) is 11.1. The highest BCUT2D eigenvalue weighted by atomic mass is 35.5. The number of sulfonamides is 1. The summed E-state index contributed by atoms with van der Waals surface area (Å²) in [4.78, 5) is 75.6. The molecule has 23 nitrogen and oxygen atoms in total. The third-order valence-electron chi connectivity index (χ3n) is 13.6. The molecule has 3 atom stereocenters. The predicted molar refractivity (Wildman–Crippen MR) is 273 cm³/mol. The van der Waals surface area contributed by atoms with Gasteiger partial charge in [0, 0.05) is 60.3 Å². The van der Waals surface area contributed by atoms with E-state index in [2.05, 4.69) is 29.8 Å². The van der Waals surface area contributed by atoms with E-state index in [1.54, 1.807) is 0 Å². The van der Waals surface area contributed by atoms with Crippen LogP contribution in [-0.2, 0) is 81.3 Å². The number of nitrogens with one attached hydrogen (secondary N) is 2. The molecule has 460 valence electrons. The zero-order valence-electron chi connectivity index (χ0n) is 43.9. The summed E-state index contributed by atoms with van der Waals surface area (Å²) in [5.74, 6) is -13.2. The van der Waals surface area contributed by atoms with Crippen LogP contribution >= 0.6 is 19.4 Å². The van der Waals surface area contributed by atoms with Crippen LogP contribution in [0.25, 0.3) is 22.0 Å². The quantitative estimate of drug-likeness (QED) is 0.0243. The van der Waals surface area contributed by atoms with Gasteiger partial charge in [-0.1, -0.05) is 23.7 Å². The van der Waals surface area contributed by atoms with Crippen molar-refractivity contribution in [2.75, 3.05) is 43.2 Å². The van der Waals surface area contributed by atoms with E-state index in [4.69, 9.17) is 21.4 Å². The Morgan fingerprint density at radius 1 is 0.940 bits per heavy atom. The molecule has 3 heterocycles. The van der Waals surface area contributed by atoms with Crippen molar-refractivity contribution >= 4 is 80.0 Å². The van der Waals surface area contributed by atoms with Crippen molar-refractivity contribution in [2.45, 2.75) is 94.0 Å². The Labute approximate surface area is 474 Å². The summed E-state index contributed by atoms with van der Waals surface area (Å²) >= 11 is 6.70. The Hall–Kier alpha value is -6.65. The molecule has 5 aromatic rings. The number of aliphatic carboxylic acids is 1. The molecular formula is C47H49ClF10N9O14PS2. The van der Waals surface area contributed by atoms with Crippen molar-refractivity contribution < 1.29 is 109 Å². The number of alkyl halides is 8. The van der Waals surface area contributed by atoms with E-state index >= 15 is 8.78 Å². The maximum Gasteiger partial charge on any atom is 0.472 e. The molecule has 0 radical (unpaired) electrons. The number of carbonyl (C=O) groups excluding carboxylic acids is 3. The van der Waals surface area contributed by atoms with Crippen LogP contribution in [0.1, 0.15) is 79.0 Å². The SMILES string of the molecule is CC(C)(CCc1ccc(-c2ccc(Cl)c3c(N(C(=O)N(CCNC(=O)OCOP(=O)(O)O)CCC(=O)O)S(C)(=O)=O)nn(CC(F)(F)F)c23)c([C@H](Cc2cc(F)cc(F)c2)NC(=O)Cn2nc(C(F)(F)F)c3c2C(F)(F)C2C[C@H]32)n1)S(C)(=O)=O. The Kier molecular flexibility index (Phi) is 18.3. The highest BCUT2D eigenvalue weighted by Crippen LogP contribution is 2.68. The molecule has 37 heteroatoms. The van der Waals surface area contributed by atoms with Gasteiger partial charge in [0.25, 0.3) is 5.92 Å². The largest absolute Gasteiger partial charge is 0.481 e. The van der Waals surface area contributed by atoms with Crippen LogP contribution < -0.4 is 14.9 Å². The van der Waals surface area contributed by atoms with E-state index in [0.29, 0.717) is 17.2 Å². The van der Waals surface area contributed by atoms with Gasteiger partial charge in [-0.15, -0.1) is 0 Å². The zero-order chi connectivity index (χ0) is 62.6. The lowest BCUT2D eigenvalue weighted by atomic mass is 9.93. The van der Waals surface area contributed by atoms with E-state index < -0.39 is 207 Å². The summed E-state index contributed by atoms with van der Waals surface area (Å²) in [5.41, 5.74) is -6.07. The molecule has 0 saturated heterocycles. The predicted octanol–water partition coefficient (Wildman–Crippen LogP) is 7.33. The summed E-state index contributed by atoms with van der Waals surface area (Å²) in [6.45, 7) is -4.45. The van der Waals surface area contributed by atoms with E-state index in [9.17, 15) is 80.8 Å². The molecule has 84 heavy (non-hydrogen) atoms. The van der Waals surface area contributed by atoms with Crippen LogP contribution in [0.3, 0.4) is 0 Å². The minimum atomic E-state index is -5.27. The number of carboxylic acids is 1.